The zero-order valence-corrected chi connectivity index (χ0v) is 15.5. The summed E-state index contributed by atoms with van der Waals surface area (Å²) in [5.74, 6) is 0.894. The molecule has 1 amide bonds. The van der Waals surface area contributed by atoms with Gasteiger partial charge in [-0.25, -0.2) is 0 Å². The minimum atomic E-state index is -0.195. The van der Waals surface area contributed by atoms with Gasteiger partial charge in [0.05, 0.1) is 30.3 Å². The van der Waals surface area contributed by atoms with Crippen molar-refractivity contribution in [2.24, 2.45) is 0 Å². The number of hydrogen-bond donors (Lipinski definition) is 0. The zero-order valence-electron chi connectivity index (χ0n) is 14.0. The molecule has 0 saturated carbocycles. The van der Waals surface area contributed by atoms with Gasteiger partial charge in [-0.2, -0.15) is 0 Å². The molecule has 0 aromatic heterocycles. The molecular formula is C18H19Cl2NO3. The molecule has 24 heavy (non-hydrogen) atoms. The molecule has 0 aliphatic rings. The lowest BCUT2D eigenvalue weighted by Crippen LogP contribution is -2.30. The second kappa shape index (κ2) is 7.77. The third-order valence-corrected chi connectivity index (χ3v) is 4.50. The molecule has 0 bridgehead atoms. The maximum absolute atomic E-state index is 12.8. The van der Waals surface area contributed by atoms with Crippen LogP contribution in [-0.2, 0) is 0 Å². The van der Waals surface area contributed by atoms with E-state index in [1.165, 1.54) is 7.11 Å². The predicted molar refractivity (Wildman–Crippen MR) is 96.5 cm³/mol. The topological polar surface area (TPSA) is 38.8 Å². The lowest BCUT2D eigenvalue weighted by atomic mass is 10.0. The van der Waals surface area contributed by atoms with Crippen molar-refractivity contribution in [3.05, 3.63) is 57.6 Å². The minimum Gasteiger partial charge on any atom is -0.496 e. The molecule has 1 unspecified atom stereocenters. The standard InChI is InChI=1S/C18H19Cl2NO3/c1-11(13-7-5-6-8-16(13)23-3)21(2)18(22)12-9-14(19)17(24-4)15(20)10-12/h5-11H,1-4H3. The maximum Gasteiger partial charge on any atom is 0.254 e. The van der Waals surface area contributed by atoms with Gasteiger partial charge >= 0.3 is 0 Å². The highest BCUT2D eigenvalue weighted by molar-refractivity contribution is 6.37. The molecular weight excluding hydrogens is 349 g/mol. The van der Waals surface area contributed by atoms with Crippen LogP contribution in [0.2, 0.25) is 10.0 Å². The van der Waals surface area contributed by atoms with Crippen molar-refractivity contribution in [2.45, 2.75) is 13.0 Å². The van der Waals surface area contributed by atoms with E-state index in [-0.39, 0.29) is 11.9 Å². The normalized spacial score (nSPS) is 11.8. The van der Waals surface area contributed by atoms with Crippen molar-refractivity contribution < 1.29 is 14.3 Å². The average molecular weight is 368 g/mol. The first kappa shape index (κ1) is 18.4. The van der Waals surface area contributed by atoms with Crippen LogP contribution in [0, 0.1) is 0 Å². The maximum atomic E-state index is 12.8. The van der Waals surface area contributed by atoms with Crippen LogP contribution in [0.4, 0.5) is 0 Å². The highest BCUT2D eigenvalue weighted by Gasteiger charge is 2.23. The Kier molecular flexibility index (Phi) is 5.97. The highest BCUT2D eigenvalue weighted by Crippen LogP contribution is 2.35. The Morgan fingerprint density at radius 3 is 2.21 bits per heavy atom. The molecule has 2 aromatic carbocycles. The molecule has 0 radical (unpaired) electrons. The number of benzene rings is 2. The van der Waals surface area contributed by atoms with Crippen molar-refractivity contribution in [1.29, 1.82) is 0 Å². The van der Waals surface area contributed by atoms with Crippen molar-refractivity contribution in [3.63, 3.8) is 0 Å². The van der Waals surface area contributed by atoms with Gasteiger partial charge in [-0.05, 0) is 25.1 Å². The number of nitrogens with zero attached hydrogens (tertiary/aromatic N) is 1. The SMILES string of the molecule is COc1ccccc1C(C)N(C)C(=O)c1cc(Cl)c(OC)c(Cl)c1. The molecule has 0 aliphatic heterocycles. The fourth-order valence-electron chi connectivity index (χ4n) is 2.48. The van der Waals surface area contributed by atoms with Crippen LogP contribution < -0.4 is 9.47 Å². The smallest absolute Gasteiger partial charge is 0.254 e. The monoisotopic (exact) mass is 367 g/mol. The van der Waals surface area contributed by atoms with E-state index >= 15 is 0 Å². The van der Waals surface area contributed by atoms with Crippen LogP contribution in [-0.4, -0.2) is 32.1 Å². The van der Waals surface area contributed by atoms with E-state index in [2.05, 4.69) is 0 Å². The number of amides is 1. The fraction of sp³-hybridized carbons (Fsp3) is 0.278. The summed E-state index contributed by atoms with van der Waals surface area (Å²) < 4.78 is 10.5. The third kappa shape index (κ3) is 3.60. The van der Waals surface area contributed by atoms with Gasteiger partial charge in [-0.3, -0.25) is 4.79 Å². The lowest BCUT2D eigenvalue weighted by molar-refractivity contribution is 0.0741. The molecule has 6 heteroatoms. The second-order valence-corrected chi connectivity index (χ2v) is 6.12. The lowest BCUT2D eigenvalue weighted by Gasteiger charge is -2.27. The number of rotatable bonds is 5. The Morgan fingerprint density at radius 2 is 1.67 bits per heavy atom. The zero-order chi connectivity index (χ0) is 17.9. The number of ether oxygens (including phenoxy) is 2. The highest BCUT2D eigenvalue weighted by atomic mass is 35.5. The predicted octanol–water partition coefficient (Wildman–Crippen LogP) is 4.84. The summed E-state index contributed by atoms with van der Waals surface area (Å²) in [6, 6.07) is 10.5. The number of para-hydroxylation sites is 1. The number of carbonyl (C=O) groups excluding carboxylic acids is 1. The number of hydrogen-bond acceptors (Lipinski definition) is 3. The summed E-state index contributed by atoms with van der Waals surface area (Å²) in [4.78, 5) is 14.4. The van der Waals surface area contributed by atoms with Gasteiger partial charge in [-0.1, -0.05) is 41.4 Å². The van der Waals surface area contributed by atoms with Gasteiger partial charge in [0.25, 0.3) is 5.91 Å². The van der Waals surface area contributed by atoms with Gasteiger partial charge in [0, 0.05) is 18.2 Å². The molecule has 0 spiro atoms. The van der Waals surface area contributed by atoms with Crippen LogP contribution in [0.3, 0.4) is 0 Å². The van der Waals surface area contributed by atoms with Crippen molar-refractivity contribution in [2.75, 3.05) is 21.3 Å². The van der Waals surface area contributed by atoms with Crippen LogP contribution in [0.15, 0.2) is 36.4 Å². The molecule has 0 saturated heterocycles. The van der Waals surface area contributed by atoms with E-state index in [0.29, 0.717) is 21.4 Å². The van der Waals surface area contributed by atoms with E-state index < -0.39 is 0 Å². The molecule has 1 atom stereocenters. The van der Waals surface area contributed by atoms with Gasteiger partial charge in [0.1, 0.15) is 5.75 Å². The number of halogens is 2. The Bertz CT molecular complexity index is 726. The number of carbonyl (C=O) groups is 1. The second-order valence-electron chi connectivity index (χ2n) is 5.31. The summed E-state index contributed by atoms with van der Waals surface area (Å²) in [5.41, 5.74) is 1.32. The van der Waals surface area contributed by atoms with E-state index in [4.69, 9.17) is 32.7 Å². The Morgan fingerprint density at radius 1 is 1.08 bits per heavy atom. The fourth-order valence-corrected chi connectivity index (χ4v) is 3.12. The summed E-state index contributed by atoms with van der Waals surface area (Å²) in [6.07, 6.45) is 0. The summed E-state index contributed by atoms with van der Waals surface area (Å²) in [5, 5.41) is 0.596. The van der Waals surface area contributed by atoms with Gasteiger partial charge < -0.3 is 14.4 Å². The van der Waals surface area contributed by atoms with Gasteiger partial charge in [0.15, 0.2) is 5.75 Å². The summed E-state index contributed by atoms with van der Waals surface area (Å²) >= 11 is 12.3. The van der Waals surface area contributed by atoms with Gasteiger partial charge in [-0.15, -0.1) is 0 Å². The first-order chi connectivity index (χ1) is 11.4. The Balaban J connectivity index is 2.32. The molecule has 0 N–H and O–H groups in total. The van der Waals surface area contributed by atoms with Crippen molar-refractivity contribution in [3.8, 4) is 11.5 Å². The molecule has 128 valence electrons. The van der Waals surface area contributed by atoms with Gasteiger partial charge in [0.2, 0.25) is 0 Å². The summed E-state index contributed by atoms with van der Waals surface area (Å²) in [7, 11) is 4.81. The van der Waals surface area contributed by atoms with E-state index in [1.54, 1.807) is 31.2 Å². The molecule has 2 aromatic rings. The Hall–Kier alpha value is -1.91. The number of methoxy groups -OCH3 is 2. The first-order valence-electron chi connectivity index (χ1n) is 7.33. The minimum absolute atomic E-state index is 0.187. The average Bonchev–Trinajstić information content (AvgIpc) is 2.59. The summed E-state index contributed by atoms with van der Waals surface area (Å²) in [6.45, 7) is 1.93. The van der Waals surface area contributed by atoms with Crippen LogP contribution in [0.25, 0.3) is 0 Å². The van der Waals surface area contributed by atoms with E-state index in [0.717, 1.165) is 11.3 Å². The van der Waals surface area contributed by atoms with Crippen molar-refractivity contribution in [1.82, 2.24) is 4.90 Å². The van der Waals surface area contributed by atoms with E-state index in [9.17, 15) is 4.79 Å². The molecule has 0 heterocycles. The largest absolute Gasteiger partial charge is 0.496 e. The van der Waals surface area contributed by atoms with Crippen molar-refractivity contribution >= 4 is 29.1 Å². The van der Waals surface area contributed by atoms with Crippen LogP contribution >= 0.6 is 23.2 Å². The Labute approximate surface area is 151 Å². The molecule has 0 aliphatic carbocycles. The molecule has 2 rings (SSSR count). The quantitative estimate of drug-likeness (QED) is 0.758. The van der Waals surface area contributed by atoms with E-state index in [1.807, 2.05) is 31.2 Å². The molecule has 4 nitrogen and oxygen atoms in total. The molecule has 0 fully saturated rings. The third-order valence-electron chi connectivity index (χ3n) is 3.94. The van der Waals surface area contributed by atoms with Crippen LogP contribution in [0.1, 0.15) is 28.9 Å². The van der Waals surface area contributed by atoms with Crippen LogP contribution in [0.5, 0.6) is 11.5 Å². The first-order valence-corrected chi connectivity index (χ1v) is 8.09.